The monoisotopic (exact) mass is 738 g/mol. The molecule has 55 heavy (non-hydrogen) atoms. The summed E-state index contributed by atoms with van der Waals surface area (Å²) in [7, 11) is 5.75. The van der Waals surface area contributed by atoms with Gasteiger partial charge in [0.25, 0.3) is 5.91 Å². The molecule has 0 saturated carbocycles. The molecule has 2 atom stereocenters. The van der Waals surface area contributed by atoms with E-state index in [1.807, 2.05) is 60.5 Å². The van der Waals surface area contributed by atoms with Gasteiger partial charge >= 0.3 is 0 Å². The van der Waals surface area contributed by atoms with Crippen LogP contribution in [0.2, 0.25) is 0 Å². The predicted octanol–water partition coefficient (Wildman–Crippen LogP) is 7.77. The minimum atomic E-state index is -0.112. The van der Waals surface area contributed by atoms with Gasteiger partial charge in [-0.3, -0.25) is 4.79 Å². The van der Waals surface area contributed by atoms with Gasteiger partial charge in [0.05, 0.1) is 31.0 Å². The van der Waals surface area contributed by atoms with E-state index in [1.165, 1.54) is 22.4 Å². The van der Waals surface area contributed by atoms with Crippen LogP contribution in [0.3, 0.4) is 0 Å². The third-order valence-electron chi connectivity index (χ3n) is 11.9. The fourth-order valence-corrected chi connectivity index (χ4v) is 8.50. The maximum absolute atomic E-state index is 14.1. The maximum Gasteiger partial charge on any atom is 0.260 e. The van der Waals surface area contributed by atoms with Crippen molar-refractivity contribution < 1.29 is 24.1 Å². The number of para-hydroxylation sites is 2. The Kier molecular flexibility index (Phi) is 9.82. The first-order chi connectivity index (χ1) is 26.6. The average molecular weight is 739 g/mol. The van der Waals surface area contributed by atoms with Gasteiger partial charge in [-0.2, -0.15) is 0 Å². The van der Waals surface area contributed by atoms with Gasteiger partial charge in [-0.05, 0) is 103 Å². The smallest absolute Gasteiger partial charge is 0.260 e. The van der Waals surface area contributed by atoms with Crippen LogP contribution in [-0.2, 0) is 32.7 Å². The molecule has 0 radical (unpaired) electrons. The highest BCUT2D eigenvalue weighted by atomic mass is 16.5. The van der Waals surface area contributed by atoms with Crippen LogP contribution in [0, 0.1) is 20.8 Å². The van der Waals surface area contributed by atoms with Crippen LogP contribution in [0.25, 0.3) is 0 Å². The van der Waals surface area contributed by atoms with E-state index in [4.69, 9.17) is 14.2 Å². The number of ether oxygens (including phenoxy) is 3. The van der Waals surface area contributed by atoms with Gasteiger partial charge in [0.2, 0.25) is 0 Å². The average Bonchev–Trinajstić information content (AvgIpc) is 3.76. The second-order valence-corrected chi connectivity index (χ2v) is 15.2. The lowest BCUT2D eigenvalue weighted by Gasteiger charge is -2.25. The van der Waals surface area contributed by atoms with Crippen molar-refractivity contribution in [3.63, 3.8) is 0 Å². The summed E-state index contributed by atoms with van der Waals surface area (Å²) >= 11 is 0. The third kappa shape index (κ3) is 6.82. The molecule has 2 N–H and O–H groups in total. The van der Waals surface area contributed by atoms with Crippen molar-refractivity contribution in [3.05, 3.63) is 135 Å². The zero-order valence-electron chi connectivity index (χ0n) is 32.6. The van der Waals surface area contributed by atoms with E-state index in [9.17, 15) is 9.90 Å². The summed E-state index contributed by atoms with van der Waals surface area (Å²) in [5, 5.41) is 13.9. The molecule has 9 nitrogen and oxygen atoms in total. The van der Waals surface area contributed by atoms with E-state index in [2.05, 4.69) is 79.3 Å². The number of hydrogen-bond acceptors (Lipinski definition) is 8. The molecular formula is C46H50N4O5. The number of hydrogen-bond donors (Lipinski definition) is 2. The summed E-state index contributed by atoms with van der Waals surface area (Å²) in [6.07, 6.45) is 1.82. The van der Waals surface area contributed by atoms with Gasteiger partial charge in [0.15, 0.2) is 11.5 Å². The summed E-state index contributed by atoms with van der Waals surface area (Å²) < 4.78 is 18.9. The Labute approximate surface area is 324 Å². The number of nitrogens with zero attached hydrogens (tertiary/aromatic N) is 3. The lowest BCUT2D eigenvalue weighted by molar-refractivity contribution is 0.0983. The number of aliphatic hydroxyl groups excluding tert-OH is 1. The molecular weight excluding hydrogens is 689 g/mol. The Morgan fingerprint density at radius 1 is 0.782 bits per heavy atom. The quantitative estimate of drug-likeness (QED) is 0.142. The Balaban J connectivity index is 0.993. The van der Waals surface area contributed by atoms with Crippen LogP contribution in [-0.4, -0.2) is 57.4 Å². The standard InChI is InChI=1S/C46H50N4O5/c1-28-29(2)34(26-54-43-20-37(16-15-33(43)25-51)48(4)23-36-18-31-11-7-9-13-40(31)47-36)17-35(30(28)3)27-55-45-22-42-39(21-44(45)53-6)46(52)50-38(24-49(42)5)19-32-12-8-10-14-41(32)50/h7-17,20-22,36,38,47,51H,18-19,23-27H2,1-6H3/t36-,38-/m0/s1. The molecule has 3 heterocycles. The molecule has 0 saturated heterocycles. The highest BCUT2D eigenvalue weighted by molar-refractivity contribution is 6.12. The molecule has 1 amide bonds. The third-order valence-corrected chi connectivity index (χ3v) is 11.9. The van der Waals surface area contributed by atoms with E-state index in [-0.39, 0.29) is 18.6 Å². The summed E-state index contributed by atoms with van der Waals surface area (Å²) in [5.41, 5.74) is 13.6. The Bertz CT molecular complexity index is 2250. The minimum Gasteiger partial charge on any atom is -0.493 e. The Morgan fingerprint density at radius 3 is 2.22 bits per heavy atom. The number of anilines is 4. The van der Waals surface area contributed by atoms with Crippen molar-refractivity contribution in [2.75, 3.05) is 54.3 Å². The first-order valence-electron chi connectivity index (χ1n) is 19.1. The first-order valence-corrected chi connectivity index (χ1v) is 19.1. The van der Waals surface area contributed by atoms with Crippen LogP contribution < -0.4 is 34.2 Å². The molecule has 0 unspecified atom stereocenters. The number of nitrogens with one attached hydrogen (secondary N) is 1. The van der Waals surface area contributed by atoms with Crippen molar-refractivity contribution in [1.29, 1.82) is 0 Å². The molecule has 0 spiro atoms. The molecule has 0 aromatic heterocycles. The first kappa shape index (κ1) is 36.3. The van der Waals surface area contributed by atoms with Crippen LogP contribution in [0.15, 0.2) is 84.9 Å². The van der Waals surface area contributed by atoms with Crippen molar-refractivity contribution in [2.24, 2.45) is 0 Å². The molecule has 284 valence electrons. The highest BCUT2D eigenvalue weighted by Gasteiger charge is 2.39. The summed E-state index contributed by atoms with van der Waals surface area (Å²) in [6, 6.07) is 29.0. The highest BCUT2D eigenvalue weighted by Crippen LogP contribution is 2.42. The minimum absolute atomic E-state index is 0.0212. The Morgan fingerprint density at radius 2 is 1.49 bits per heavy atom. The maximum atomic E-state index is 14.1. The van der Waals surface area contributed by atoms with Crippen LogP contribution in [0.5, 0.6) is 17.2 Å². The van der Waals surface area contributed by atoms with Gasteiger partial charge in [-0.25, -0.2) is 0 Å². The number of methoxy groups -OCH3 is 1. The Hall–Kier alpha value is -5.67. The van der Waals surface area contributed by atoms with Gasteiger partial charge in [0, 0.05) is 68.0 Å². The summed E-state index contributed by atoms with van der Waals surface area (Å²) in [4.78, 5) is 20.4. The van der Waals surface area contributed by atoms with Crippen LogP contribution in [0.4, 0.5) is 22.7 Å². The van der Waals surface area contributed by atoms with Crippen LogP contribution in [0.1, 0.15) is 54.9 Å². The second kappa shape index (κ2) is 14.9. The largest absolute Gasteiger partial charge is 0.493 e. The number of amides is 1. The SMILES string of the molecule is COc1cc2c(cc1OCc1cc(COc3cc(N(C)C[C@@H]4Cc5ccccc5N4)ccc3CO)c(C)c(C)c1C)N(C)C[C@@H]1Cc3ccccc3N1C2=O. The predicted molar refractivity (Wildman–Crippen MR) is 220 cm³/mol. The molecule has 0 aliphatic carbocycles. The fourth-order valence-electron chi connectivity index (χ4n) is 8.50. The van der Waals surface area contributed by atoms with Gasteiger partial charge in [-0.1, -0.05) is 42.5 Å². The summed E-state index contributed by atoms with van der Waals surface area (Å²) in [6.45, 7) is 8.48. The van der Waals surface area contributed by atoms with E-state index < -0.39 is 0 Å². The van der Waals surface area contributed by atoms with Crippen molar-refractivity contribution in [1.82, 2.24) is 0 Å². The zero-order chi connectivity index (χ0) is 38.4. The number of likely N-dealkylation sites (N-methyl/N-ethyl adjacent to an activating group) is 2. The fraction of sp³-hybridized carbons (Fsp3) is 0.326. The van der Waals surface area contributed by atoms with E-state index in [0.717, 1.165) is 64.3 Å². The van der Waals surface area contributed by atoms with Crippen molar-refractivity contribution in [3.8, 4) is 17.2 Å². The molecule has 0 fully saturated rings. The normalized spacial score (nSPS) is 16.8. The molecule has 8 rings (SSSR count). The molecule has 3 aliphatic rings. The molecule has 5 aromatic carbocycles. The number of carbonyl (C=O) groups is 1. The van der Waals surface area contributed by atoms with Gasteiger partial charge in [0.1, 0.15) is 19.0 Å². The molecule has 9 heteroatoms. The lowest BCUT2D eigenvalue weighted by Crippen LogP contribution is -2.41. The van der Waals surface area contributed by atoms with Gasteiger partial charge < -0.3 is 39.3 Å². The van der Waals surface area contributed by atoms with Crippen molar-refractivity contribution in [2.45, 2.75) is 65.5 Å². The number of benzene rings is 5. The van der Waals surface area contributed by atoms with Crippen LogP contribution >= 0.6 is 0 Å². The summed E-state index contributed by atoms with van der Waals surface area (Å²) in [5.74, 6) is 1.75. The topological polar surface area (TPSA) is 86.7 Å². The van der Waals surface area contributed by atoms with E-state index in [0.29, 0.717) is 48.6 Å². The number of fused-ring (bicyclic) bond motifs is 5. The molecule has 3 aliphatic heterocycles. The number of aliphatic hydroxyl groups is 1. The number of carbonyl (C=O) groups excluding carboxylic acids is 1. The van der Waals surface area contributed by atoms with E-state index >= 15 is 0 Å². The number of rotatable bonds is 11. The molecule has 5 aromatic rings. The second-order valence-electron chi connectivity index (χ2n) is 15.2. The molecule has 0 bridgehead atoms. The lowest BCUT2D eigenvalue weighted by atomic mass is 9.94. The van der Waals surface area contributed by atoms with Crippen molar-refractivity contribution >= 4 is 28.7 Å². The van der Waals surface area contributed by atoms with Gasteiger partial charge in [-0.15, -0.1) is 0 Å². The zero-order valence-corrected chi connectivity index (χ0v) is 32.6. The van der Waals surface area contributed by atoms with E-state index in [1.54, 1.807) is 7.11 Å².